The molecule has 2 aromatic carbocycles. The number of aromatic amines is 1. The number of aryl methyl sites for hydroxylation is 2. The van der Waals surface area contributed by atoms with Crippen molar-refractivity contribution in [1.82, 2.24) is 4.98 Å². The number of carbonyl (C=O) groups is 1. The number of ether oxygens (including phenoxy) is 2. The van der Waals surface area contributed by atoms with Crippen molar-refractivity contribution in [2.45, 2.75) is 91.1 Å². The normalized spacial score (nSPS) is 17.9. The number of hydrogen-bond donors (Lipinski definition) is 2. The molecule has 6 rings (SSSR count). The van der Waals surface area contributed by atoms with Crippen LogP contribution in [0.3, 0.4) is 0 Å². The lowest BCUT2D eigenvalue weighted by atomic mass is 9.75. The highest BCUT2D eigenvalue weighted by atomic mass is 16.5. The van der Waals surface area contributed by atoms with Crippen LogP contribution >= 0.6 is 0 Å². The van der Waals surface area contributed by atoms with Gasteiger partial charge >= 0.3 is 0 Å². The molecule has 1 amide bonds. The number of rotatable bonds is 8. The van der Waals surface area contributed by atoms with Crippen LogP contribution < -0.4 is 21.1 Å². The topological polar surface area (TPSA) is 101 Å². The van der Waals surface area contributed by atoms with Gasteiger partial charge in [-0.3, -0.25) is 9.59 Å². The number of primary amides is 1. The Kier molecular flexibility index (Phi) is 9.05. The Bertz CT molecular complexity index is 1680. The van der Waals surface area contributed by atoms with Crippen molar-refractivity contribution >= 4 is 17.3 Å². The van der Waals surface area contributed by atoms with Crippen molar-refractivity contribution in [3.05, 3.63) is 79.8 Å². The number of amides is 1. The van der Waals surface area contributed by atoms with Crippen molar-refractivity contribution in [2.24, 2.45) is 5.73 Å². The van der Waals surface area contributed by atoms with E-state index >= 15 is 0 Å². The van der Waals surface area contributed by atoms with Crippen molar-refractivity contribution in [3.63, 3.8) is 0 Å². The maximum absolute atomic E-state index is 13.5. The van der Waals surface area contributed by atoms with Crippen LogP contribution in [-0.2, 0) is 21.3 Å². The van der Waals surface area contributed by atoms with Gasteiger partial charge in [0.05, 0.1) is 0 Å². The molecule has 0 saturated carbocycles. The largest absolute Gasteiger partial charge is 0.381 e. The Morgan fingerprint density at radius 1 is 1.04 bits per heavy atom. The second-order valence-corrected chi connectivity index (χ2v) is 13.9. The Balaban J connectivity index is 1.61. The molecule has 2 fully saturated rings. The van der Waals surface area contributed by atoms with Crippen molar-refractivity contribution in [1.29, 1.82) is 0 Å². The first kappa shape index (κ1) is 32.3. The van der Waals surface area contributed by atoms with Crippen LogP contribution in [0.1, 0.15) is 90.3 Å². The van der Waals surface area contributed by atoms with Crippen molar-refractivity contribution in [3.8, 4) is 11.1 Å². The van der Waals surface area contributed by atoms with Gasteiger partial charge in [0.1, 0.15) is 0 Å². The molecule has 8 nitrogen and oxygen atoms in total. The predicted molar refractivity (Wildman–Crippen MR) is 186 cm³/mol. The number of aromatic nitrogens is 1. The summed E-state index contributed by atoms with van der Waals surface area (Å²) in [4.78, 5) is 34.6. The number of nitrogens with two attached hydrogens (primary N) is 1. The first-order valence-electron chi connectivity index (χ1n) is 17.0. The van der Waals surface area contributed by atoms with E-state index in [1.165, 1.54) is 11.3 Å². The van der Waals surface area contributed by atoms with E-state index < -0.39 is 5.91 Å². The van der Waals surface area contributed by atoms with Gasteiger partial charge in [0.15, 0.2) is 0 Å². The Morgan fingerprint density at radius 3 is 2.37 bits per heavy atom. The summed E-state index contributed by atoms with van der Waals surface area (Å²) in [6, 6.07) is 11.5. The molecule has 0 unspecified atom stereocenters. The minimum atomic E-state index is -0.440. The molecule has 1 spiro atoms. The van der Waals surface area contributed by atoms with Crippen LogP contribution in [0.4, 0.5) is 11.4 Å². The van der Waals surface area contributed by atoms with Gasteiger partial charge in [-0.1, -0.05) is 12.1 Å². The van der Waals surface area contributed by atoms with Crippen LogP contribution in [-0.4, -0.2) is 62.5 Å². The van der Waals surface area contributed by atoms with Crippen molar-refractivity contribution < 1.29 is 14.3 Å². The highest BCUT2D eigenvalue weighted by Crippen LogP contribution is 2.49. The quantitative estimate of drug-likeness (QED) is 0.321. The molecule has 0 radical (unpaired) electrons. The average Bonchev–Trinajstić information content (AvgIpc) is 3.34. The van der Waals surface area contributed by atoms with Gasteiger partial charge in [-0.2, -0.15) is 0 Å². The molecule has 1 aromatic heterocycles. The van der Waals surface area contributed by atoms with Gasteiger partial charge < -0.3 is 30.0 Å². The zero-order valence-corrected chi connectivity index (χ0v) is 28.4. The summed E-state index contributed by atoms with van der Waals surface area (Å²) in [6.45, 7) is 17.3. The molecule has 2 saturated heterocycles. The number of anilines is 2. The third kappa shape index (κ3) is 5.75. The minimum absolute atomic E-state index is 0.0680. The lowest BCUT2D eigenvalue weighted by molar-refractivity contribution is 0.0550. The number of fused-ring (bicyclic) bond motifs is 2. The second kappa shape index (κ2) is 12.9. The summed E-state index contributed by atoms with van der Waals surface area (Å²) < 4.78 is 11.5. The fraction of sp³-hybridized carbons (Fsp3) is 0.526. The summed E-state index contributed by atoms with van der Waals surface area (Å²) >= 11 is 0. The fourth-order valence-corrected chi connectivity index (χ4v) is 8.31. The number of carbonyl (C=O) groups excluding carboxylic acids is 1. The molecular weight excluding hydrogens is 576 g/mol. The van der Waals surface area contributed by atoms with E-state index in [2.05, 4.69) is 53.8 Å². The Labute approximate surface area is 273 Å². The summed E-state index contributed by atoms with van der Waals surface area (Å²) in [5.74, 6) is -0.440. The van der Waals surface area contributed by atoms with Gasteiger partial charge in [0, 0.05) is 91.6 Å². The predicted octanol–water partition coefficient (Wildman–Crippen LogP) is 5.94. The number of nitrogens with one attached hydrogen (secondary N) is 1. The molecule has 3 N–H and O–H groups in total. The maximum Gasteiger partial charge on any atom is 0.251 e. The Hall–Kier alpha value is -3.62. The SMILES string of the molecule is CCN(c1c(C)c(C(N)=O)cc(-c2ccc3c(c2)N(C(C)C)CC32CCOCC2)c1Cc1c(C)cc(C)[nH]c1=O)C1CCOCC1. The number of nitrogens with zero attached hydrogens (tertiary/aromatic N) is 2. The van der Waals surface area contributed by atoms with Gasteiger partial charge in [-0.25, -0.2) is 0 Å². The zero-order valence-electron chi connectivity index (χ0n) is 28.4. The van der Waals surface area contributed by atoms with Crippen LogP contribution in [0.2, 0.25) is 0 Å². The van der Waals surface area contributed by atoms with E-state index in [-0.39, 0.29) is 17.0 Å². The molecular formula is C38H50N4O4. The maximum atomic E-state index is 13.5. The van der Waals surface area contributed by atoms with E-state index in [1.807, 2.05) is 32.9 Å². The highest BCUT2D eigenvalue weighted by Gasteiger charge is 2.44. The molecule has 8 heteroatoms. The van der Waals surface area contributed by atoms with Crippen LogP contribution in [0.25, 0.3) is 11.1 Å². The molecule has 0 atom stereocenters. The van der Waals surface area contributed by atoms with E-state index in [4.69, 9.17) is 15.2 Å². The summed E-state index contributed by atoms with van der Waals surface area (Å²) in [7, 11) is 0. The van der Waals surface area contributed by atoms with E-state index in [9.17, 15) is 9.59 Å². The zero-order chi connectivity index (χ0) is 32.7. The van der Waals surface area contributed by atoms with E-state index in [0.717, 1.165) is 96.7 Å². The molecule has 46 heavy (non-hydrogen) atoms. The molecule has 3 aliphatic rings. The van der Waals surface area contributed by atoms with Crippen LogP contribution in [0.5, 0.6) is 0 Å². The molecule has 0 bridgehead atoms. The van der Waals surface area contributed by atoms with Gasteiger partial charge in [0.25, 0.3) is 5.56 Å². The molecule has 4 heterocycles. The number of pyridine rings is 1. The van der Waals surface area contributed by atoms with Gasteiger partial charge in [-0.15, -0.1) is 0 Å². The Morgan fingerprint density at radius 2 is 1.74 bits per heavy atom. The van der Waals surface area contributed by atoms with Crippen molar-refractivity contribution in [2.75, 3.05) is 49.3 Å². The van der Waals surface area contributed by atoms with Crippen LogP contribution in [0.15, 0.2) is 35.1 Å². The molecule has 3 aromatic rings. The summed E-state index contributed by atoms with van der Waals surface area (Å²) in [5, 5.41) is 0. The molecule has 246 valence electrons. The van der Waals surface area contributed by atoms with Gasteiger partial charge in [-0.05, 0) is 119 Å². The first-order chi connectivity index (χ1) is 22.0. The highest BCUT2D eigenvalue weighted by molar-refractivity contribution is 5.99. The fourth-order valence-electron chi connectivity index (χ4n) is 8.31. The average molecular weight is 627 g/mol. The smallest absolute Gasteiger partial charge is 0.251 e. The monoisotopic (exact) mass is 626 g/mol. The first-order valence-corrected chi connectivity index (χ1v) is 17.0. The number of H-pyrrole nitrogens is 1. The molecule has 3 aliphatic heterocycles. The third-order valence-electron chi connectivity index (χ3n) is 10.8. The number of hydrogen-bond acceptors (Lipinski definition) is 6. The summed E-state index contributed by atoms with van der Waals surface area (Å²) in [5.41, 5.74) is 16.8. The standard InChI is InChI=1S/C38H50N4O4/c1-7-41(28-10-14-45-15-11-28)35-26(6)30(36(39)43)21-31(32(35)20-29-24(4)18-25(5)40-37(29)44)27-8-9-33-34(19-27)42(23(2)3)22-38(33)12-16-46-17-13-38/h8-9,18-19,21,23,28H,7,10-17,20,22H2,1-6H3,(H2,39,43)(H,40,44). The summed E-state index contributed by atoms with van der Waals surface area (Å²) in [6.07, 6.45) is 4.28. The minimum Gasteiger partial charge on any atom is -0.381 e. The number of benzene rings is 2. The van der Waals surface area contributed by atoms with Gasteiger partial charge in [0.2, 0.25) is 5.91 Å². The van der Waals surface area contributed by atoms with E-state index in [0.29, 0.717) is 31.2 Å². The third-order valence-corrected chi connectivity index (χ3v) is 10.8. The lowest BCUT2D eigenvalue weighted by Crippen LogP contribution is -2.41. The second-order valence-electron chi connectivity index (χ2n) is 13.9. The van der Waals surface area contributed by atoms with Crippen LogP contribution in [0, 0.1) is 20.8 Å². The molecule has 0 aliphatic carbocycles. The lowest BCUT2D eigenvalue weighted by Gasteiger charge is -2.38. The van der Waals surface area contributed by atoms with E-state index in [1.54, 1.807) is 0 Å².